The maximum atomic E-state index is 11.7. The Morgan fingerprint density at radius 1 is 1.41 bits per heavy atom. The van der Waals surface area contributed by atoms with E-state index < -0.39 is 0 Å². The number of anilines is 1. The van der Waals surface area contributed by atoms with E-state index in [9.17, 15) is 4.79 Å². The fourth-order valence-electron chi connectivity index (χ4n) is 1.53. The van der Waals surface area contributed by atoms with Gasteiger partial charge in [-0.3, -0.25) is 0 Å². The lowest BCUT2D eigenvalue weighted by Gasteiger charge is -2.17. The van der Waals surface area contributed by atoms with Crippen LogP contribution in [0.3, 0.4) is 0 Å². The van der Waals surface area contributed by atoms with Crippen molar-refractivity contribution < 1.29 is 4.79 Å². The first-order valence-corrected chi connectivity index (χ1v) is 5.92. The molecule has 1 rings (SSSR count). The summed E-state index contributed by atoms with van der Waals surface area (Å²) in [5.74, 6) is 0. The van der Waals surface area contributed by atoms with Gasteiger partial charge < -0.3 is 16.0 Å². The fourth-order valence-corrected chi connectivity index (χ4v) is 1.53. The molecule has 0 radical (unpaired) electrons. The van der Waals surface area contributed by atoms with Crippen molar-refractivity contribution in [2.45, 2.75) is 26.3 Å². The molecule has 1 aromatic carbocycles. The summed E-state index contributed by atoms with van der Waals surface area (Å²) in [6.45, 7) is 4.73. The quantitative estimate of drug-likeness (QED) is 0.842. The summed E-state index contributed by atoms with van der Waals surface area (Å²) in [5, 5.41) is 2.84. The van der Waals surface area contributed by atoms with Crippen LogP contribution in [0.15, 0.2) is 24.3 Å². The molecule has 1 atom stereocenters. The van der Waals surface area contributed by atoms with E-state index in [0.29, 0.717) is 0 Å². The number of benzene rings is 1. The minimum atomic E-state index is -0.0830. The average Bonchev–Trinajstić information content (AvgIpc) is 2.30. The average molecular weight is 235 g/mol. The van der Waals surface area contributed by atoms with Gasteiger partial charge in [-0.05, 0) is 31.0 Å². The van der Waals surface area contributed by atoms with Gasteiger partial charge in [-0.1, -0.05) is 19.1 Å². The first kappa shape index (κ1) is 13.5. The van der Waals surface area contributed by atoms with Gasteiger partial charge in [-0.2, -0.15) is 0 Å². The lowest BCUT2D eigenvalue weighted by atomic mass is 10.1. The molecular formula is C13H21N3O. The third-order valence-corrected chi connectivity index (χ3v) is 2.59. The number of carbonyl (C=O) groups excluding carboxylic acids is 1. The Bertz CT molecular complexity index is 359. The van der Waals surface area contributed by atoms with Crippen LogP contribution in [0, 0.1) is 0 Å². The predicted octanol–water partition coefficient (Wildman–Crippen LogP) is 2.58. The molecule has 3 N–H and O–H groups in total. The van der Waals surface area contributed by atoms with Gasteiger partial charge in [-0.25, -0.2) is 4.79 Å². The van der Waals surface area contributed by atoms with E-state index in [1.807, 2.05) is 38.1 Å². The maximum Gasteiger partial charge on any atom is 0.321 e. The number of nitrogens with zero attached hydrogens (tertiary/aromatic N) is 1. The number of nitrogens with two attached hydrogens (primary N) is 1. The molecule has 0 bridgehead atoms. The standard InChI is InChI=1S/C13H21N3O/c1-4-9-16(3)13(17)15-12-7-5-11(6-8-12)10(2)14/h5-8,10H,4,9,14H2,1-3H3,(H,15,17). The van der Waals surface area contributed by atoms with Crippen LogP contribution in [-0.4, -0.2) is 24.5 Å². The van der Waals surface area contributed by atoms with Crippen LogP contribution in [0.5, 0.6) is 0 Å². The maximum absolute atomic E-state index is 11.7. The number of nitrogens with one attached hydrogen (secondary N) is 1. The number of hydrogen-bond donors (Lipinski definition) is 2. The number of hydrogen-bond acceptors (Lipinski definition) is 2. The van der Waals surface area contributed by atoms with Crippen molar-refractivity contribution in [3.63, 3.8) is 0 Å². The molecule has 17 heavy (non-hydrogen) atoms. The van der Waals surface area contributed by atoms with Gasteiger partial charge in [0.15, 0.2) is 0 Å². The highest BCUT2D eigenvalue weighted by Crippen LogP contribution is 2.14. The predicted molar refractivity (Wildman–Crippen MR) is 71.0 cm³/mol. The Morgan fingerprint density at radius 3 is 2.47 bits per heavy atom. The van der Waals surface area contributed by atoms with Crippen molar-refractivity contribution in [2.75, 3.05) is 18.9 Å². The Hall–Kier alpha value is -1.55. The van der Waals surface area contributed by atoms with Crippen molar-refractivity contribution in [3.05, 3.63) is 29.8 Å². The topological polar surface area (TPSA) is 58.4 Å². The second-order valence-corrected chi connectivity index (χ2v) is 4.26. The van der Waals surface area contributed by atoms with E-state index in [4.69, 9.17) is 5.73 Å². The minimum Gasteiger partial charge on any atom is -0.328 e. The number of amides is 2. The van der Waals surface area contributed by atoms with Crippen LogP contribution in [-0.2, 0) is 0 Å². The Morgan fingerprint density at radius 2 is 2.00 bits per heavy atom. The number of rotatable bonds is 4. The largest absolute Gasteiger partial charge is 0.328 e. The molecule has 2 amide bonds. The summed E-state index contributed by atoms with van der Waals surface area (Å²) >= 11 is 0. The summed E-state index contributed by atoms with van der Waals surface area (Å²) in [5.41, 5.74) is 7.61. The zero-order valence-electron chi connectivity index (χ0n) is 10.7. The molecular weight excluding hydrogens is 214 g/mol. The van der Waals surface area contributed by atoms with Crippen LogP contribution in [0.1, 0.15) is 31.9 Å². The first-order chi connectivity index (χ1) is 8.04. The minimum absolute atomic E-state index is 0.0162. The first-order valence-electron chi connectivity index (χ1n) is 5.92. The molecule has 4 nitrogen and oxygen atoms in total. The third-order valence-electron chi connectivity index (χ3n) is 2.59. The molecule has 0 saturated carbocycles. The van der Waals surface area contributed by atoms with Gasteiger partial charge in [0.25, 0.3) is 0 Å². The van der Waals surface area contributed by atoms with Gasteiger partial charge >= 0.3 is 6.03 Å². The molecule has 0 aliphatic rings. The van der Waals surface area contributed by atoms with Crippen molar-refractivity contribution in [1.29, 1.82) is 0 Å². The summed E-state index contributed by atoms with van der Waals surface area (Å²) in [4.78, 5) is 13.4. The Labute approximate surface area is 103 Å². The molecule has 0 spiro atoms. The monoisotopic (exact) mass is 235 g/mol. The van der Waals surface area contributed by atoms with Crippen LogP contribution in [0.4, 0.5) is 10.5 Å². The van der Waals surface area contributed by atoms with Crippen molar-refractivity contribution in [1.82, 2.24) is 4.90 Å². The molecule has 0 heterocycles. The summed E-state index contributed by atoms with van der Waals surface area (Å²) in [6.07, 6.45) is 0.952. The third kappa shape index (κ3) is 4.07. The van der Waals surface area contributed by atoms with E-state index in [1.54, 1.807) is 11.9 Å². The van der Waals surface area contributed by atoms with Crippen molar-refractivity contribution in [2.24, 2.45) is 5.73 Å². The highest BCUT2D eigenvalue weighted by atomic mass is 16.2. The van der Waals surface area contributed by atoms with Crippen LogP contribution in [0.25, 0.3) is 0 Å². The number of urea groups is 1. The zero-order valence-corrected chi connectivity index (χ0v) is 10.7. The number of carbonyl (C=O) groups is 1. The van der Waals surface area contributed by atoms with E-state index in [-0.39, 0.29) is 12.1 Å². The molecule has 1 unspecified atom stereocenters. The van der Waals surface area contributed by atoms with Gasteiger partial charge in [-0.15, -0.1) is 0 Å². The molecule has 1 aromatic rings. The highest BCUT2D eigenvalue weighted by Gasteiger charge is 2.07. The molecule has 0 aliphatic carbocycles. The van der Waals surface area contributed by atoms with E-state index >= 15 is 0 Å². The fraction of sp³-hybridized carbons (Fsp3) is 0.462. The second-order valence-electron chi connectivity index (χ2n) is 4.26. The van der Waals surface area contributed by atoms with Crippen LogP contribution in [0.2, 0.25) is 0 Å². The van der Waals surface area contributed by atoms with E-state index in [0.717, 1.165) is 24.2 Å². The Kier molecular flexibility index (Phi) is 4.97. The van der Waals surface area contributed by atoms with E-state index in [2.05, 4.69) is 5.32 Å². The second kappa shape index (κ2) is 6.25. The Balaban J connectivity index is 2.60. The van der Waals surface area contributed by atoms with Crippen LogP contribution < -0.4 is 11.1 Å². The summed E-state index contributed by atoms with van der Waals surface area (Å²) in [6, 6.07) is 7.54. The molecule has 0 fully saturated rings. The van der Waals surface area contributed by atoms with Crippen LogP contribution >= 0.6 is 0 Å². The normalized spacial score (nSPS) is 12.0. The van der Waals surface area contributed by atoms with E-state index in [1.165, 1.54) is 0 Å². The zero-order chi connectivity index (χ0) is 12.8. The van der Waals surface area contributed by atoms with Gasteiger partial charge in [0.2, 0.25) is 0 Å². The smallest absolute Gasteiger partial charge is 0.321 e. The molecule has 0 aromatic heterocycles. The lowest BCUT2D eigenvalue weighted by Crippen LogP contribution is -2.31. The molecule has 94 valence electrons. The van der Waals surface area contributed by atoms with Gasteiger partial charge in [0.1, 0.15) is 0 Å². The van der Waals surface area contributed by atoms with Crippen molar-refractivity contribution in [3.8, 4) is 0 Å². The van der Waals surface area contributed by atoms with Crippen molar-refractivity contribution >= 4 is 11.7 Å². The summed E-state index contributed by atoms with van der Waals surface area (Å²) < 4.78 is 0. The molecule has 0 aliphatic heterocycles. The SMILES string of the molecule is CCCN(C)C(=O)Nc1ccc(C(C)N)cc1. The van der Waals surface area contributed by atoms with Gasteiger partial charge in [0.05, 0.1) is 0 Å². The van der Waals surface area contributed by atoms with Gasteiger partial charge in [0, 0.05) is 25.3 Å². The highest BCUT2D eigenvalue weighted by molar-refractivity contribution is 5.89. The molecule has 4 heteroatoms. The molecule has 0 saturated heterocycles. The summed E-state index contributed by atoms with van der Waals surface area (Å²) in [7, 11) is 1.79. The lowest BCUT2D eigenvalue weighted by molar-refractivity contribution is 0.222.